The summed E-state index contributed by atoms with van der Waals surface area (Å²) in [6, 6.07) is 8.77. The van der Waals surface area contributed by atoms with Crippen LogP contribution in [-0.2, 0) is 0 Å². The summed E-state index contributed by atoms with van der Waals surface area (Å²) in [5.74, 6) is 0. The molecule has 4 heteroatoms. The minimum Gasteiger partial charge on any atom is -0.388 e. The molecular weight excluding hydrogens is 316 g/mol. The molecule has 0 aliphatic carbocycles. The van der Waals surface area contributed by atoms with Gasteiger partial charge in [-0.05, 0) is 43.5 Å². The van der Waals surface area contributed by atoms with Gasteiger partial charge in [-0.25, -0.2) is 0 Å². The number of aliphatic hydroxyl groups excluding tert-OH is 1. The maximum atomic E-state index is 10.3. The van der Waals surface area contributed by atoms with Crippen LogP contribution in [0.5, 0.6) is 0 Å². The number of aliphatic hydroxyl groups is 1. The Morgan fingerprint density at radius 2 is 2.20 bits per heavy atom. The Labute approximate surface area is 129 Å². The van der Waals surface area contributed by atoms with Crippen molar-refractivity contribution in [2.24, 2.45) is 0 Å². The minimum absolute atomic E-state index is 0.353. The van der Waals surface area contributed by atoms with E-state index in [-0.39, 0.29) is 6.10 Å². The minimum atomic E-state index is -0.353. The average Bonchev–Trinajstić information content (AvgIpc) is 2.92. The zero-order chi connectivity index (χ0) is 13.9. The van der Waals surface area contributed by atoms with Crippen molar-refractivity contribution in [2.75, 3.05) is 32.7 Å². The fraction of sp³-hybridized carbons (Fsp3) is 0.625. The van der Waals surface area contributed by atoms with E-state index in [4.69, 9.17) is 0 Å². The molecule has 1 N–H and O–H groups in total. The lowest BCUT2D eigenvalue weighted by Gasteiger charge is -2.37. The second-order valence-electron chi connectivity index (χ2n) is 5.99. The molecule has 0 aromatic heterocycles. The molecule has 2 heterocycles. The zero-order valence-electron chi connectivity index (χ0n) is 11.8. The first-order chi connectivity index (χ1) is 9.72. The number of piperazine rings is 1. The van der Waals surface area contributed by atoms with E-state index in [9.17, 15) is 5.11 Å². The van der Waals surface area contributed by atoms with Crippen molar-refractivity contribution in [3.05, 3.63) is 34.3 Å². The smallest absolute Gasteiger partial charge is 0.0802 e. The predicted molar refractivity (Wildman–Crippen MR) is 84.8 cm³/mol. The van der Waals surface area contributed by atoms with E-state index in [2.05, 4.69) is 25.7 Å². The molecule has 1 aromatic rings. The summed E-state index contributed by atoms with van der Waals surface area (Å²) in [5, 5.41) is 10.3. The molecule has 3 nitrogen and oxygen atoms in total. The average molecular weight is 339 g/mol. The van der Waals surface area contributed by atoms with Gasteiger partial charge in [0, 0.05) is 36.7 Å². The van der Waals surface area contributed by atoms with Gasteiger partial charge in [0.2, 0.25) is 0 Å². The first-order valence-electron chi connectivity index (χ1n) is 7.62. The molecule has 0 amide bonds. The van der Waals surface area contributed by atoms with Crippen LogP contribution in [0.1, 0.15) is 30.9 Å². The highest BCUT2D eigenvalue weighted by atomic mass is 79.9. The van der Waals surface area contributed by atoms with Crippen LogP contribution in [0.15, 0.2) is 28.7 Å². The van der Waals surface area contributed by atoms with Gasteiger partial charge in [0.25, 0.3) is 0 Å². The maximum absolute atomic E-state index is 10.3. The van der Waals surface area contributed by atoms with Crippen molar-refractivity contribution in [1.29, 1.82) is 0 Å². The number of hydrogen-bond donors (Lipinski definition) is 1. The van der Waals surface area contributed by atoms with Gasteiger partial charge >= 0.3 is 0 Å². The van der Waals surface area contributed by atoms with Crippen molar-refractivity contribution in [3.63, 3.8) is 0 Å². The topological polar surface area (TPSA) is 26.7 Å². The molecule has 3 rings (SSSR count). The van der Waals surface area contributed by atoms with Crippen molar-refractivity contribution >= 4 is 15.9 Å². The van der Waals surface area contributed by atoms with Crippen LogP contribution in [0.3, 0.4) is 0 Å². The summed E-state index contributed by atoms with van der Waals surface area (Å²) in [5.41, 5.74) is 1.01. The van der Waals surface area contributed by atoms with Crippen LogP contribution in [0, 0.1) is 0 Å². The normalized spacial score (nSPS) is 25.6. The fourth-order valence-corrected chi connectivity index (χ4v) is 3.86. The molecule has 0 saturated carbocycles. The van der Waals surface area contributed by atoms with Crippen LogP contribution in [-0.4, -0.2) is 53.7 Å². The molecule has 2 saturated heterocycles. The number of nitrogens with zero attached hydrogens (tertiary/aromatic N) is 2. The van der Waals surface area contributed by atoms with E-state index in [1.54, 1.807) is 0 Å². The third-order valence-electron chi connectivity index (χ3n) is 4.62. The monoisotopic (exact) mass is 338 g/mol. The second-order valence-corrected chi connectivity index (χ2v) is 6.91. The molecule has 2 atom stereocenters. The van der Waals surface area contributed by atoms with Crippen molar-refractivity contribution in [3.8, 4) is 0 Å². The molecule has 20 heavy (non-hydrogen) atoms. The Bertz CT molecular complexity index is 454. The van der Waals surface area contributed by atoms with E-state index < -0.39 is 0 Å². The third kappa shape index (κ3) is 3.42. The largest absolute Gasteiger partial charge is 0.388 e. The molecule has 2 unspecified atom stereocenters. The van der Waals surface area contributed by atoms with E-state index in [0.29, 0.717) is 0 Å². The molecule has 0 spiro atoms. The van der Waals surface area contributed by atoms with Crippen LogP contribution in [0.2, 0.25) is 0 Å². The molecule has 2 fully saturated rings. The molecule has 2 aliphatic rings. The van der Waals surface area contributed by atoms with Gasteiger partial charge in [0.15, 0.2) is 0 Å². The lowest BCUT2D eigenvalue weighted by Crippen LogP contribution is -2.50. The Kier molecular flexibility index (Phi) is 4.76. The molecule has 1 aromatic carbocycles. The highest BCUT2D eigenvalue weighted by Crippen LogP contribution is 2.24. The highest BCUT2D eigenvalue weighted by molar-refractivity contribution is 9.10. The van der Waals surface area contributed by atoms with E-state index >= 15 is 0 Å². The van der Waals surface area contributed by atoms with Crippen LogP contribution >= 0.6 is 15.9 Å². The summed E-state index contributed by atoms with van der Waals surface area (Å²) in [4.78, 5) is 5.15. The SMILES string of the molecule is OC(CCN1CCN2CCCC2C1)c1cccc(Br)c1. The quantitative estimate of drug-likeness (QED) is 0.914. The number of fused-ring (bicyclic) bond motifs is 1. The number of hydrogen-bond acceptors (Lipinski definition) is 3. The second kappa shape index (κ2) is 6.56. The van der Waals surface area contributed by atoms with Gasteiger partial charge in [-0.3, -0.25) is 4.90 Å². The summed E-state index contributed by atoms with van der Waals surface area (Å²) in [7, 11) is 0. The first-order valence-corrected chi connectivity index (χ1v) is 8.41. The number of benzene rings is 1. The van der Waals surface area contributed by atoms with Gasteiger partial charge < -0.3 is 10.0 Å². The summed E-state index contributed by atoms with van der Waals surface area (Å²) < 4.78 is 1.04. The molecule has 0 radical (unpaired) electrons. The summed E-state index contributed by atoms with van der Waals surface area (Å²) in [6.07, 6.45) is 3.18. The van der Waals surface area contributed by atoms with E-state index in [1.165, 1.54) is 32.5 Å². The van der Waals surface area contributed by atoms with Gasteiger partial charge in [-0.15, -0.1) is 0 Å². The molecule has 0 bridgehead atoms. The third-order valence-corrected chi connectivity index (χ3v) is 5.12. The molecule has 2 aliphatic heterocycles. The lowest BCUT2D eigenvalue weighted by atomic mass is 10.1. The Morgan fingerprint density at radius 1 is 1.30 bits per heavy atom. The number of rotatable bonds is 4. The predicted octanol–water partition coefficient (Wildman–Crippen LogP) is 2.65. The lowest BCUT2D eigenvalue weighted by molar-refractivity contribution is 0.0835. The summed E-state index contributed by atoms with van der Waals surface area (Å²) >= 11 is 3.46. The Hall–Kier alpha value is -0.420. The highest BCUT2D eigenvalue weighted by Gasteiger charge is 2.30. The van der Waals surface area contributed by atoms with Gasteiger partial charge in [0.1, 0.15) is 0 Å². The van der Waals surface area contributed by atoms with Crippen molar-refractivity contribution in [1.82, 2.24) is 9.80 Å². The Balaban J connectivity index is 1.49. The van der Waals surface area contributed by atoms with Crippen molar-refractivity contribution in [2.45, 2.75) is 31.4 Å². The maximum Gasteiger partial charge on any atom is 0.0802 e. The summed E-state index contributed by atoms with van der Waals surface area (Å²) in [6.45, 7) is 5.84. The van der Waals surface area contributed by atoms with Crippen molar-refractivity contribution < 1.29 is 5.11 Å². The Morgan fingerprint density at radius 3 is 3.05 bits per heavy atom. The van der Waals surface area contributed by atoms with Gasteiger partial charge in [-0.1, -0.05) is 28.1 Å². The first kappa shape index (κ1) is 14.5. The van der Waals surface area contributed by atoms with E-state index in [1.807, 2.05) is 24.3 Å². The van der Waals surface area contributed by atoms with Crippen LogP contribution in [0.25, 0.3) is 0 Å². The van der Waals surface area contributed by atoms with E-state index in [0.717, 1.165) is 35.6 Å². The standard InChI is InChI=1S/C16H23BrN2O/c17-14-4-1-3-13(11-14)16(20)6-8-18-9-10-19-7-2-5-15(19)12-18/h1,3-4,11,15-16,20H,2,5-10,12H2. The van der Waals surface area contributed by atoms with Gasteiger partial charge in [-0.2, -0.15) is 0 Å². The van der Waals surface area contributed by atoms with Gasteiger partial charge in [0.05, 0.1) is 6.10 Å². The van der Waals surface area contributed by atoms with Crippen LogP contribution < -0.4 is 0 Å². The fourth-order valence-electron chi connectivity index (χ4n) is 3.44. The number of halogens is 1. The molecular formula is C16H23BrN2O. The zero-order valence-corrected chi connectivity index (χ0v) is 13.4. The van der Waals surface area contributed by atoms with Crippen LogP contribution in [0.4, 0.5) is 0 Å². The molecule has 110 valence electrons.